The fraction of sp³-hybridized carbons (Fsp3) is 0.500. The van der Waals surface area contributed by atoms with Crippen molar-refractivity contribution in [3.05, 3.63) is 22.7 Å². The van der Waals surface area contributed by atoms with E-state index in [-0.39, 0.29) is 10.6 Å². The number of anilines is 1. The number of hydrogen-bond acceptors (Lipinski definition) is 4. The number of nitrogens with one attached hydrogen (secondary N) is 1. The number of halogens is 1. The van der Waals surface area contributed by atoms with Gasteiger partial charge in [0.2, 0.25) is 10.0 Å². The van der Waals surface area contributed by atoms with E-state index in [1.807, 2.05) is 6.92 Å². The van der Waals surface area contributed by atoms with E-state index in [0.29, 0.717) is 30.7 Å². The minimum absolute atomic E-state index is 0.0938. The first kappa shape index (κ1) is 16.4. The van der Waals surface area contributed by atoms with Crippen LogP contribution in [-0.2, 0) is 14.8 Å². The third-order valence-electron chi connectivity index (χ3n) is 2.37. The summed E-state index contributed by atoms with van der Waals surface area (Å²) >= 11 is 3.23. The van der Waals surface area contributed by atoms with Crippen molar-refractivity contribution in [2.75, 3.05) is 25.5 Å². The largest absolute Gasteiger partial charge is 0.398 e. The number of nitrogen functional groups attached to an aromatic ring is 1. The van der Waals surface area contributed by atoms with Gasteiger partial charge in [0.15, 0.2) is 0 Å². The van der Waals surface area contributed by atoms with Gasteiger partial charge in [-0.2, -0.15) is 0 Å². The van der Waals surface area contributed by atoms with E-state index in [2.05, 4.69) is 20.7 Å². The van der Waals surface area contributed by atoms with Crippen LogP contribution in [0.3, 0.4) is 0 Å². The van der Waals surface area contributed by atoms with Crippen molar-refractivity contribution in [2.24, 2.45) is 0 Å². The Bertz CT molecular complexity index is 506. The number of rotatable bonds is 8. The number of ether oxygens (including phenoxy) is 1. The van der Waals surface area contributed by atoms with Gasteiger partial charge in [-0.3, -0.25) is 0 Å². The second-order valence-corrected chi connectivity index (χ2v) is 6.70. The first-order valence-corrected chi connectivity index (χ1v) is 8.37. The van der Waals surface area contributed by atoms with Crippen molar-refractivity contribution < 1.29 is 13.2 Å². The number of hydrogen-bond donors (Lipinski definition) is 2. The summed E-state index contributed by atoms with van der Waals surface area (Å²) in [6.07, 6.45) is 1.59. The summed E-state index contributed by atoms with van der Waals surface area (Å²) in [5.41, 5.74) is 5.92. The monoisotopic (exact) mass is 350 g/mol. The molecule has 19 heavy (non-hydrogen) atoms. The minimum atomic E-state index is -3.57. The van der Waals surface area contributed by atoms with E-state index in [4.69, 9.17) is 10.5 Å². The summed E-state index contributed by atoms with van der Waals surface area (Å²) in [6.45, 7) is 3.60. The van der Waals surface area contributed by atoms with E-state index >= 15 is 0 Å². The van der Waals surface area contributed by atoms with Crippen LogP contribution in [-0.4, -0.2) is 28.2 Å². The first-order chi connectivity index (χ1) is 8.97. The lowest BCUT2D eigenvalue weighted by atomic mass is 10.3. The van der Waals surface area contributed by atoms with Crippen molar-refractivity contribution >= 4 is 31.6 Å². The Morgan fingerprint density at radius 3 is 2.79 bits per heavy atom. The van der Waals surface area contributed by atoms with Crippen molar-refractivity contribution in [2.45, 2.75) is 24.7 Å². The molecular formula is C12H19BrN2O3S. The van der Waals surface area contributed by atoms with Gasteiger partial charge in [0.05, 0.1) is 5.69 Å². The van der Waals surface area contributed by atoms with Crippen LogP contribution in [0.4, 0.5) is 5.69 Å². The molecule has 0 aliphatic carbocycles. The summed E-state index contributed by atoms with van der Waals surface area (Å²) in [4.78, 5) is 0.0938. The molecule has 0 saturated carbocycles. The average molecular weight is 351 g/mol. The molecule has 1 aromatic carbocycles. The van der Waals surface area contributed by atoms with Crippen LogP contribution >= 0.6 is 15.9 Å². The van der Waals surface area contributed by atoms with Crippen LogP contribution in [0, 0.1) is 0 Å². The van der Waals surface area contributed by atoms with Crippen LogP contribution in [0.1, 0.15) is 19.8 Å². The topological polar surface area (TPSA) is 81.4 Å². The third-order valence-corrected chi connectivity index (χ3v) is 4.38. The maximum Gasteiger partial charge on any atom is 0.242 e. The highest BCUT2D eigenvalue weighted by molar-refractivity contribution is 9.10. The molecule has 0 heterocycles. The smallest absolute Gasteiger partial charge is 0.242 e. The van der Waals surface area contributed by atoms with E-state index < -0.39 is 10.0 Å². The zero-order chi connectivity index (χ0) is 14.3. The van der Waals surface area contributed by atoms with Gasteiger partial charge in [-0.1, -0.05) is 22.9 Å². The van der Waals surface area contributed by atoms with Gasteiger partial charge in [-0.05, 0) is 31.0 Å². The molecule has 0 aliphatic heterocycles. The molecule has 0 bridgehead atoms. The van der Waals surface area contributed by atoms with Gasteiger partial charge < -0.3 is 10.5 Å². The zero-order valence-corrected chi connectivity index (χ0v) is 13.3. The van der Waals surface area contributed by atoms with Gasteiger partial charge >= 0.3 is 0 Å². The molecule has 0 spiro atoms. The molecule has 1 rings (SSSR count). The first-order valence-electron chi connectivity index (χ1n) is 6.10. The molecular weight excluding hydrogens is 332 g/mol. The molecule has 0 unspecified atom stereocenters. The second-order valence-electron chi connectivity index (χ2n) is 4.05. The fourth-order valence-corrected chi connectivity index (χ4v) is 3.19. The molecule has 0 aliphatic rings. The number of benzene rings is 1. The molecule has 0 atom stereocenters. The van der Waals surface area contributed by atoms with E-state index in [1.165, 1.54) is 6.07 Å². The van der Waals surface area contributed by atoms with Gasteiger partial charge in [0, 0.05) is 24.2 Å². The lowest BCUT2D eigenvalue weighted by Gasteiger charge is -2.09. The Morgan fingerprint density at radius 1 is 1.37 bits per heavy atom. The molecule has 0 fully saturated rings. The van der Waals surface area contributed by atoms with Crippen molar-refractivity contribution in [3.8, 4) is 0 Å². The summed E-state index contributed by atoms with van der Waals surface area (Å²) in [5.74, 6) is 0. The van der Waals surface area contributed by atoms with Crippen molar-refractivity contribution in [3.63, 3.8) is 0 Å². The maximum atomic E-state index is 12.0. The van der Waals surface area contributed by atoms with Gasteiger partial charge in [0.1, 0.15) is 4.90 Å². The second kappa shape index (κ2) is 7.84. The fourth-order valence-electron chi connectivity index (χ4n) is 1.45. The molecule has 0 amide bonds. The number of sulfonamides is 1. The Morgan fingerprint density at radius 2 is 2.11 bits per heavy atom. The SMILES string of the molecule is CCCOCCCNS(=O)(=O)c1cc(Br)ccc1N. The minimum Gasteiger partial charge on any atom is -0.398 e. The molecule has 3 N–H and O–H groups in total. The van der Waals surface area contributed by atoms with E-state index in [9.17, 15) is 8.42 Å². The molecule has 7 heteroatoms. The Kier molecular flexibility index (Phi) is 6.78. The quantitative estimate of drug-likeness (QED) is 0.555. The van der Waals surface area contributed by atoms with Gasteiger partial charge in [-0.25, -0.2) is 13.1 Å². The Hall–Kier alpha value is -0.630. The highest BCUT2D eigenvalue weighted by Gasteiger charge is 2.16. The third kappa shape index (κ3) is 5.48. The molecule has 0 radical (unpaired) electrons. The molecule has 0 aromatic heterocycles. The molecule has 1 aromatic rings. The van der Waals surface area contributed by atoms with Crippen LogP contribution in [0.25, 0.3) is 0 Å². The Balaban J connectivity index is 2.54. The van der Waals surface area contributed by atoms with Crippen molar-refractivity contribution in [1.82, 2.24) is 4.72 Å². The predicted molar refractivity (Wildman–Crippen MR) is 79.5 cm³/mol. The van der Waals surface area contributed by atoms with Gasteiger partial charge in [-0.15, -0.1) is 0 Å². The van der Waals surface area contributed by atoms with Crippen LogP contribution < -0.4 is 10.5 Å². The lowest BCUT2D eigenvalue weighted by molar-refractivity contribution is 0.133. The predicted octanol–water partition coefficient (Wildman–Crippen LogP) is 2.13. The zero-order valence-electron chi connectivity index (χ0n) is 10.9. The van der Waals surface area contributed by atoms with Crippen LogP contribution in [0.5, 0.6) is 0 Å². The summed E-state index contributed by atoms with van der Waals surface area (Å²) in [6, 6.07) is 4.75. The Labute approximate surface area is 122 Å². The average Bonchev–Trinajstić information content (AvgIpc) is 2.36. The van der Waals surface area contributed by atoms with Crippen LogP contribution in [0.15, 0.2) is 27.6 Å². The molecule has 108 valence electrons. The highest BCUT2D eigenvalue weighted by Crippen LogP contribution is 2.22. The number of nitrogens with two attached hydrogens (primary N) is 1. The lowest BCUT2D eigenvalue weighted by Crippen LogP contribution is -2.26. The highest BCUT2D eigenvalue weighted by atomic mass is 79.9. The maximum absolute atomic E-state index is 12.0. The van der Waals surface area contributed by atoms with Crippen molar-refractivity contribution in [1.29, 1.82) is 0 Å². The van der Waals surface area contributed by atoms with E-state index in [0.717, 1.165) is 6.42 Å². The van der Waals surface area contributed by atoms with E-state index in [1.54, 1.807) is 12.1 Å². The summed E-state index contributed by atoms with van der Waals surface area (Å²) in [5, 5.41) is 0. The molecule has 0 saturated heterocycles. The summed E-state index contributed by atoms with van der Waals surface area (Å²) in [7, 11) is -3.57. The standard InChI is InChI=1S/C12H19BrN2O3S/c1-2-7-18-8-3-6-15-19(16,17)12-9-10(13)4-5-11(12)14/h4-5,9,15H,2-3,6-8,14H2,1H3. The van der Waals surface area contributed by atoms with Gasteiger partial charge in [0.25, 0.3) is 0 Å². The molecule has 5 nitrogen and oxygen atoms in total. The normalized spacial score (nSPS) is 11.7. The van der Waals surface area contributed by atoms with Crippen LogP contribution in [0.2, 0.25) is 0 Å². The summed E-state index contributed by atoms with van der Waals surface area (Å²) < 4.78 is 32.5.